The lowest BCUT2D eigenvalue weighted by atomic mass is 9.51. The van der Waals surface area contributed by atoms with E-state index in [1.807, 2.05) is 0 Å². The number of halogens is 1. The lowest BCUT2D eigenvalue weighted by Crippen LogP contribution is -2.65. The number of fused-ring (bicyclic) bond motifs is 1. The molecule has 2 atom stereocenters. The fraction of sp³-hybridized carbons (Fsp3) is 0.600. The molecule has 1 heterocycles. The Morgan fingerprint density at radius 2 is 2.04 bits per heavy atom. The van der Waals surface area contributed by atoms with Crippen LogP contribution in [0.1, 0.15) is 44.9 Å². The Bertz CT molecular complexity index is 967. The van der Waals surface area contributed by atoms with Crippen molar-refractivity contribution in [3.05, 3.63) is 34.4 Å². The number of nitrogens with zero attached hydrogens (tertiary/aromatic N) is 1. The molecule has 4 bridgehead atoms. The van der Waals surface area contributed by atoms with Crippen molar-refractivity contribution in [3.8, 4) is 0 Å². The Morgan fingerprint density at radius 3 is 2.70 bits per heavy atom. The number of rotatable bonds is 4. The third kappa shape index (κ3) is 2.91. The third-order valence-corrected chi connectivity index (χ3v) is 7.71. The topological polar surface area (TPSA) is 71.3 Å². The molecule has 1 amide bonds. The van der Waals surface area contributed by atoms with E-state index in [0.29, 0.717) is 23.0 Å². The fourth-order valence-corrected chi connectivity index (χ4v) is 7.15. The molecule has 6 rings (SSSR count). The van der Waals surface area contributed by atoms with Crippen LogP contribution in [0, 0.1) is 17.7 Å². The maximum absolute atomic E-state index is 13.9. The predicted molar refractivity (Wildman–Crippen MR) is 101 cm³/mol. The highest BCUT2D eigenvalue weighted by Crippen LogP contribution is 2.57. The molecular weight excluding hydrogens is 367 g/mol. The normalized spacial score (nSPS) is 34.3. The minimum Gasteiger partial charge on any atom is -0.390 e. The van der Waals surface area contributed by atoms with Crippen molar-refractivity contribution in [1.29, 1.82) is 0 Å². The number of aryl methyl sites for hydroxylation is 1. The number of hydrogen-bond donors (Lipinski definition) is 2. The Hall–Kier alpha value is -1.73. The SMILES string of the molecule is O=C(CCn1sc2cccc(F)c2c1=O)NC12CC3CC(CC(O)(C3)C1)C2. The van der Waals surface area contributed by atoms with Crippen molar-refractivity contribution in [2.45, 2.75) is 62.6 Å². The van der Waals surface area contributed by atoms with E-state index in [1.54, 1.807) is 12.1 Å². The second kappa shape index (κ2) is 5.88. The lowest BCUT2D eigenvalue weighted by Gasteiger charge is -2.60. The second-order valence-electron chi connectivity index (χ2n) is 8.88. The molecule has 2 unspecified atom stereocenters. The highest BCUT2D eigenvalue weighted by molar-refractivity contribution is 7.13. The molecule has 7 heteroatoms. The first-order valence-electron chi connectivity index (χ1n) is 9.67. The van der Waals surface area contributed by atoms with Crippen molar-refractivity contribution < 1.29 is 14.3 Å². The van der Waals surface area contributed by atoms with E-state index in [4.69, 9.17) is 0 Å². The number of hydrogen-bond acceptors (Lipinski definition) is 4. The van der Waals surface area contributed by atoms with E-state index >= 15 is 0 Å². The van der Waals surface area contributed by atoms with E-state index in [0.717, 1.165) is 25.7 Å². The van der Waals surface area contributed by atoms with Crippen molar-refractivity contribution in [2.75, 3.05) is 0 Å². The van der Waals surface area contributed by atoms with Gasteiger partial charge in [-0.25, -0.2) is 4.39 Å². The van der Waals surface area contributed by atoms with Gasteiger partial charge in [0.25, 0.3) is 5.56 Å². The Kier molecular flexibility index (Phi) is 3.78. The summed E-state index contributed by atoms with van der Waals surface area (Å²) >= 11 is 1.19. The molecule has 4 aliphatic carbocycles. The van der Waals surface area contributed by atoms with Gasteiger partial charge in [0.15, 0.2) is 0 Å². The first kappa shape index (κ1) is 17.4. The monoisotopic (exact) mass is 390 g/mol. The smallest absolute Gasteiger partial charge is 0.271 e. The van der Waals surface area contributed by atoms with Crippen LogP contribution in [0.4, 0.5) is 4.39 Å². The zero-order valence-corrected chi connectivity index (χ0v) is 15.9. The average molecular weight is 390 g/mol. The standard InChI is InChI=1S/C20H23FN2O3S/c21-14-2-1-3-15-17(14)18(25)23(27-15)5-4-16(24)22-19-7-12-6-13(8-19)10-20(26,9-12)11-19/h1-3,12-13,26H,4-11H2,(H,22,24). The largest absolute Gasteiger partial charge is 0.390 e. The maximum atomic E-state index is 13.9. The average Bonchev–Trinajstić information content (AvgIpc) is 2.87. The minimum atomic E-state index is -0.614. The van der Waals surface area contributed by atoms with Gasteiger partial charge in [-0.2, -0.15) is 0 Å². The molecular formula is C20H23FN2O3S. The van der Waals surface area contributed by atoms with Gasteiger partial charge in [-0.3, -0.25) is 13.5 Å². The van der Waals surface area contributed by atoms with Crippen LogP contribution in [-0.2, 0) is 11.3 Å². The van der Waals surface area contributed by atoms with Crippen LogP contribution in [0.3, 0.4) is 0 Å². The molecule has 0 radical (unpaired) electrons. The zero-order valence-electron chi connectivity index (χ0n) is 15.0. The van der Waals surface area contributed by atoms with Crippen molar-refractivity contribution in [2.24, 2.45) is 11.8 Å². The summed E-state index contributed by atoms with van der Waals surface area (Å²) < 4.78 is 15.9. The van der Waals surface area contributed by atoms with Crippen LogP contribution in [0.25, 0.3) is 10.1 Å². The number of nitrogens with one attached hydrogen (secondary N) is 1. The van der Waals surface area contributed by atoms with Gasteiger partial charge >= 0.3 is 0 Å². The Morgan fingerprint density at radius 1 is 1.30 bits per heavy atom. The molecule has 0 spiro atoms. The molecule has 27 heavy (non-hydrogen) atoms. The van der Waals surface area contributed by atoms with Crippen LogP contribution in [0.2, 0.25) is 0 Å². The molecule has 4 fully saturated rings. The third-order valence-electron chi connectivity index (χ3n) is 6.60. The molecule has 5 nitrogen and oxygen atoms in total. The number of carbonyl (C=O) groups is 1. The fourth-order valence-electron chi connectivity index (χ4n) is 6.14. The van der Waals surface area contributed by atoms with Gasteiger partial charge in [-0.15, -0.1) is 0 Å². The van der Waals surface area contributed by atoms with Gasteiger partial charge in [-0.05, 0) is 62.5 Å². The molecule has 1 aromatic carbocycles. The van der Waals surface area contributed by atoms with Gasteiger partial charge in [0.2, 0.25) is 5.91 Å². The summed E-state index contributed by atoms with van der Waals surface area (Å²) in [5.41, 5.74) is -1.27. The second-order valence-corrected chi connectivity index (χ2v) is 9.94. The Balaban J connectivity index is 1.29. The first-order valence-corrected chi connectivity index (χ1v) is 10.4. The van der Waals surface area contributed by atoms with Crippen LogP contribution in [-0.4, -0.2) is 26.1 Å². The molecule has 144 valence electrons. The summed E-state index contributed by atoms with van der Waals surface area (Å²) in [7, 11) is 0. The highest BCUT2D eigenvalue weighted by Gasteiger charge is 2.57. The van der Waals surface area contributed by atoms with Crippen molar-refractivity contribution in [3.63, 3.8) is 0 Å². The molecule has 4 aliphatic rings. The molecule has 4 saturated carbocycles. The van der Waals surface area contributed by atoms with E-state index in [9.17, 15) is 19.1 Å². The van der Waals surface area contributed by atoms with Crippen LogP contribution in [0.5, 0.6) is 0 Å². The van der Waals surface area contributed by atoms with Gasteiger partial charge < -0.3 is 10.4 Å². The van der Waals surface area contributed by atoms with E-state index in [2.05, 4.69) is 5.32 Å². The first-order chi connectivity index (χ1) is 12.8. The van der Waals surface area contributed by atoms with Gasteiger partial charge in [-0.1, -0.05) is 17.6 Å². The molecule has 2 N–H and O–H groups in total. The molecule has 0 saturated heterocycles. The van der Waals surface area contributed by atoms with Gasteiger partial charge in [0, 0.05) is 18.5 Å². The number of carbonyl (C=O) groups excluding carboxylic acids is 1. The summed E-state index contributed by atoms with van der Waals surface area (Å²) in [6, 6.07) is 4.59. The van der Waals surface area contributed by atoms with Gasteiger partial charge in [0.05, 0.1) is 15.7 Å². The summed E-state index contributed by atoms with van der Waals surface area (Å²) in [6.07, 6.45) is 5.63. The molecule has 1 aromatic heterocycles. The Labute approximate surface area is 160 Å². The summed E-state index contributed by atoms with van der Waals surface area (Å²) in [5, 5.41) is 14.1. The molecule has 0 aliphatic heterocycles. The number of amides is 1. The van der Waals surface area contributed by atoms with Crippen LogP contribution in [0.15, 0.2) is 23.0 Å². The number of aliphatic hydroxyl groups is 1. The number of benzene rings is 1. The van der Waals surface area contributed by atoms with E-state index in [-0.39, 0.29) is 35.4 Å². The minimum absolute atomic E-state index is 0.0922. The number of aromatic nitrogens is 1. The summed E-state index contributed by atoms with van der Waals surface area (Å²) in [4.78, 5) is 25.0. The predicted octanol–water partition coefficient (Wildman–Crippen LogP) is 2.79. The van der Waals surface area contributed by atoms with Gasteiger partial charge in [0.1, 0.15) is 5.82 Å². The quantitative estimate of drug-likeness (QED) is 0.843. The van der Waals surface area contributed by atoms with E-state index < -0.39 is 11.4 Å². The molecule has 2 aromatic rings. The zero-order chi connectivity index (χ0) is 18.8. The van der Waals surface area contributed by atoms with Crippen molar-refractivity contribution >= 4 is 27.5 Å². The van der Waals surface area contributed by atoms with Crippen LogP contribution < -0.4 is 10.9 Å². The van der Waals surface area contributed by atoms with Crippen LogP contribution >= 0.6 is 11.5 Å². The summed E-state index contributed by atoms with van der Waals surface area (Å²) in [5.74, 6) is 0.402. The van der Waals surface area contributed by atoms with E-state index in [1.165, 1.54) is 28.0 Å². The summed E-state index contributed by atoms with van der Waals surface area (Å²) in [6.45, 7) is 0.247. The highest BCUT2D eigenvalue weighted by atomic mass is 32.1. The van der Waals surface area contributed by atoms with Crippen molar-refractivity contribution in [1.82, 2.24) is 9.27 Å². The maximum Gasteiger partial charge on any atom is 0.271 e. The lowest BCUT2D eigenvalue weighted by molar-refractivity contribution is -0.151.